The third-order valence-corrected chi connectivity index (χ3v) is 3.43. The molecule has 0 aromatic heterocycles. The fraction of sp³-hybridized carbons (Fsp3) is 0.933. The lowest BCUT2D eigenvalue weighted by molar-refractivity contribution is -0.142. The fourth-order valence-corrected chi connectivity index (χ4v) is 2.05. The molecule has 0 aromatic carbocycles. The van der Waals surface area contributed by atoms with E-state index in [1.165, 1.54) is 20.0 Å². The molecule has 114 valence electrons. The molecule has 0 amide bonds. The maximum Gasteiger partial charge on any atom is 0.308 e. The van der Waals surface area contributed by atoms with Crippen LogP contribution in [0.25, 0.3) is 0 Å². The van der Waals surface area contributed by atoms with E-state index >= 15 is 0 Å². The summed E-state index contributed by atoms with van der Waals surface area (Å²) in [6, 6.07) is 0. The zero-order chi connectivity index (χ0) is 14.5. The molecule has 0 aliphatic rings. The number of ether oxygens (including phenoxy) is 1. The van der Waals surface area contributed by atoms with E-state index in [0.717, 1.165) is 38.5 Å². The molecule has 4 nitrogen and oxygen atoms in total. The van der Waals surface area contributed by atoms with Crippen LogP contribution in [0, 0.1) is 0 Å². The van der Waals surface area contributed by atoms with Crippen molar-refractivity contribution >= 4 is 5.97 Å². The maximum atomic E-state index is 10.9. The number of unbranched alkanes of at least 4 members (excludes halogenated alkanes) is 5. The lowest BCUT2D eigenvalue weighted by atomic mass is 10.0. The number of esters is 1. The summed E-state index contributed by atoms with van der Waals surface area (Å²) in [4.78, 5) is 10.9. The van der Waals surface area contributed by atoms with Gasteiger partial charge < -0.3 is 14.9 Å². The highest BCUT2D eigenvalue weighted by Gasteiger charge is 2.10. The standard InChI is InChI=1S/C15H30O4/c1-3-13(16)10-8-6-4-5-7-9-11-14(17)12-15(18)19-2/h13-14,16-17H,3-12H2,1-2H3. The predicted octanol–water partition coefficient (Wildman–Crippen LogP) is 2.80. The average molecular weight is 274 g/mol. The molecule has 0 aliphatic heterocycles. The molecular formula is C15H30O4. The van der Waals surface area contributed by atoms with Gasteiger partial charge in [-0.3, -0.25) is 4.79 Å². The third kappa shape index (κ3) is 12.2. The number of rotatable bonds is 12. The number of aliphatic hydroxyl groups is 2. The Kier molecular flexibility index (Phi) is 12.0. The molecular weight excluding hydrogens is 244 g/mol. The Morgan fingerprint density at radius 1 is 0.947 bits per heavy atom. The molecule has 0 aromatic rings. The Hall–Kier alpha value is -0.610. The van der Waals surface area contributed by atoms with Gasteiger partial charge in [0, 0.05) is 0 Å². The first-order valence-electron chi connectivity index (χ1n) is 7.53. The van der Waals surface area contributed by atoms with Crippen LogP contribution in [-0.4, -0.2) is 35.5 Å². The number of hydrogen-bond donors (Lipinski definition) is 2. The van der Waals surface area contributed by atoms with Crippen molar-refractivity contribution < 1.29 is 19.7 Å². The van der Waals surface area contributed by atoms with Crippen molar-refractivity contribution in [2.45, 2.75) is 83.3 Å². The zero-order valence-electron chi connectivity index (χ0n) is 12.4. The van der Waals surface area contributed by atoms with Crippen LogP contribution in [0.2, 0.25) is 0 Å². The minimum Gasteiger partial charge on any atom is -0.469 e. The summed E-state index contributed by atoms with van der Waals surface area (Å²) in [5.41, 5.74) is 0. The van der Waals surface area contributed by atoms with E-state index in [1.54, 1.807) is 0 Å². The van der Waals surface area contributed by atoms with Crippen LogP contribution in [0.4, 0.5) is 0 Å². The second-order valence-corrected chi connectivity index (χ2v) is 5.19. The van der Waals surface area contributed by atoms with E-state index in [2.05, 4.69) is 4.74 Å². The maximum absolute atomic E-state index is 10.9. The number of carbonyl (C=O) groups excluding carboxylic acids is 1. The molecule has 0 bridgehead atoms. The lowest BCUT2D eigenvalue weighted by Crippen LogP contribution is -2.14. The van der Waals surface area contributed by atoms with Crippen molar-refractivity contribution in [1.82, 2.24) is 0 Å². The molecule has 19 heavy (non-hydrogen) atoms. The van der Waals surface area contributed by atoms with Crippen LogP contribution >= 0.6 is 0 Å². The van der Waals surface area contributed by atoms with Gasteiger partial charge in [0.05, 0.1) is 25.7 Å². The number of hydrogen-bond acceptors (Lipinski definition) is 4. The first-order chi connectivity index (χ1) is 9.10. The summed E-state index contributed by atoms with van der Waals surface area (Å²) >= 11 is 0. The highest BCUT2D eigenvalue weighted by atomic mass is 16.5. The van der Waals surface area contributed by atoms with Crippen LogP contribution in [0.3, 0.4) is 0 Å². The van der Waals surface area contributed by atoms with Gasteiger partial charge in [-0.25, -0.2) is 0 Å². The zero-order valence-corrected chi connectivity index (χ0v) is 12.4. The van der Waals surface area contributed by atoms with Gasteiger partial charge in [0.25, 0.3) is 0 Å². The summed E-state index contributed by atoms with van der Waals surface area (Å²) < 4.78 is 4.50. The van der Waals surface area contributed by atoms with Crippen LogP contribution in [0.15, 0.2) is 0 Å². The Bertz CT molecular complexity index is 218. The van der Waals surface area contributed by atoms with Crippen LogP contribution < -0.4 is 0 Å². The number of aliphatic hydroxyl groups excluding tert-OH is 2. The number of methoxy groups -OCH3 is 1. The molecule has 0 rings (SSSR count). The van der Waals surface area contributed by atoms with E-state index in [0.29, 0.717) is 6.42 Å². The first-order valence-corrected chi connectivity index (χ1v) is 7.53. The van der Waals surface area contributed by atoms with Gasteiger partial charge in [-0.15, -0.1) is 0 Å². The molecule has 0 aliphatic carbocycles. The minimum atomic E-state index is -0.563. The average Bonchev–Trinajstić information content (AvgIpc) is 2.41. The van der Waals surface area contributed by atoms with Crippen molar-refractivity contribution in [2.24, 2.45) is 0 Å². The summed E-state index contributed by atoms with van der Waals surface area (Å²) in [5.74, 6) is -0.345. The Morgan fingerprint density at radius 2 is 1.42 bits per heavy atom. The molecule has 0 radical (unpaired) electrons. The quantitative estimate of drug-likeness (QED) is 0.424. The van der Waals surface area contributed by atoms with Crippen LogP contribution in [0.1, 0.15) is 71.1 Å². The normalized spacial score (nSPS) is 14.1. The lowest BCUT2D eigenvalue weighted by Gasteiger charge is -2.09. The van der Waals surface area contributed by atoms with Gasteiger partial charge in [-0.2, -0.15) is 0 Å². The van der Waals surface area contributed by atoms with E-state index < -0.39 is 6.10 Å². The Balaban J connectivity index is 3.24. The molecule has 0 saturated heterocycles. The van der Waals surface area contributed by atoms with Gasteiger partial charge in [0.15, 0.2) is 0 Å². The largest absolute Gasteiger partial charge is 0.469 e. The van der Waals surface area contributed by atoms with Crippen molar-refractivity contribution in [1.29, 1.82) is 0 Å². The van der Waals surface area contributed by atoms with Gasteiger partial charge in [0.2, 0.25) is 0 Å². The molecule has 2 unspecified atom stereocenters. The van der Waals surface area contributed by atoms with Crippen LogP contribution in [-0.2, 0) is 9.53 Å². The monoisotopic (exact) mass is 274 g/mol. The van der Waals surface area contributed by atoms with Crippen LogP contribution in [0.5, 0.6) is 0 Å². The molecule has 2 N–H and O–H groups in total. The third-order valence-electron chi connectivity index (χ3n) is 3.43. The minimum absolute atomic E-state index is 0.103. The molecule has 0 fully saturated rings. The SMILES string of the molecule is CCC(O)CCCCCCCCC(O)CC(=O)OC. The second-order valence-electron chi connectivity index (χ2n) is 5.19. The second kappa shape index (κ2) is 12.4. The molecule has 4 heteroatoms. The highest BCUT2D eigenvalue weighted by Crippen LogP contribution is 2.12. The van der Waals surface area contributed by atoms with Crippen molar-refractivity contribution in [2.75, 3.05) is 7.11 Å². The highest BCUT2D eigenvalue weighted by molar-refractivity contribution is 5.69. The smallest absolute Gasteiger partial charge is 0.308 e. The van der Waals surface area contributed by atoms with Gasteiger partial charge in [-0.1, -0.05) is 45.4 Å². The first kappa shape index (κ1) is 18.4. The van der Waals surface area contributed by atoms with Crippen molar-refractivity contribution in [3.63, 3.8) is 0 Å². The summed E-state index contributed by atoms with van der Waals surface area (Å²) in [7, 11) is 1.34. The topological polar surface area (TPSA) is 66.8 Å². The van der Waals surface area contributed by atoms with E-state index in [9.17, 15) is 15.0 Å². The summed E-state index contributed by atoms with van der Waals surface area (Å²) in [6.45, 7) is 2.00. The Morgan fingerprint density at radius 3 is 1.89 bits per heavy atom. The Labute approximate surface area is 117 Å². The number of carbonyl (C=O) groups is 1. The molecule has 2 atom stereocenters. The van der Waals surface area contributed by atoms with Crippen molar-refractivity contribution in [3.8, 4) is 0 Å². The van der Waals surface area contributed by atoms with E-state index in [1.807, 2.05) is 6.92 Å². The van der Waals surface area contributed by atoms with Gasteiger partial charge in [-0.05, 0) is 19.3 Å². The molecule has 0 saturated carbocycles. The molecule has 0 spiro atoms. The molecule has 0 heterocycles. The van der Waals surface area contributed by atoms with Gasteiger partial charge in [0.1, 0.15) is 0 Å². The van der Waals surface area contributed by atoms with Gasteiger partial charge >= 0.3 is 5.97 Å². The van der Waals surface area contributed by atoms with E-state index in [4.69, 9.17) is 0 Å². The summed E-state index contributed by atoms with van der Waals surface area (Å²) in [5, 5.41) is 18.9. The fourth-order valence-electron chi connectivity index (χ4n) is 2.05. The summed E-state index contributed by atoms with van der Waals surface area (Å²) in [6.07, 6.45) is 8.49. The van der Waals surface area contributed by atoms with Crippen molar-refractivity contribution in [3.05, 3.63) is 0 Å². The van der Waals surface area contributed by atoms with E-state index in [-0.39, 0.29) is 18.5 Å². The predicted molar refractivity (Wildman–Crippen MR) is 75.9 cm³/mol.